The molecule has 1 aromatic heterocycles. The van der Waals surface area contributed by atoms with Crippen LogP contribution in [0, 0.1) is 28.1 Å². The molecule has 14 nitrogen and oxygen atoms in total. The van der Waals surface area contributed by atoms with Crippen molar-refractivity contribution in [2.75, 3.05) is 24.5 Å². The molecule has 56 heavy (non-hydrogen) atoms. The van der Waals surface area contributed by atoms with Gasteiger partial charge in [0, 0.05) is 74.5 Å². The van der Waals surface area contributed by atoms with Crippen LogP contribution in [0.2, 0.25) is 5.02 Å². The van der Waals surface area contributed by atoms with Crippen molar-refractivity contribution in [3.63, 3.8) is 0 Å². The zero-order valence-electron chi connectivity index (χ0n) is 31.7. The number of ether oxygens (including phenoxy) is 1. The molecule has 15 heteroatoms. The third-order valence-corrected chi connectivity index (χ3v) is 12.6. The van der Waals surface area contributed by atoms with Gasteiger partial charge < -0.3 is 15.0 Å². The van der Waals surface area contributed by atoms with Gasteiger partial charge in [-0.05, 0) is 60.6 Å². The van der Waals surface area contributed by atoms with Crippen molar-refractivity contribution in [2.45, 2.75) is 84.7 Å². The minimum Gasteiger partial charge on any atom is -0.489 e. The van der Waals surface area contributed by atoms with Crippen molar-refractivity contribution in [3.05, 3.63) is 81.1 Å². The van der Waals surface area contributed by atoms with Crippen LogP contribution in [0.4, 0.5) is 5.95 Å². The molecule has 8 rings (SSSR count). The topological polar surface area (TPSA) is 178 Å². The first-order valence-electron chi connectivity index (χ1n) is 19.0. The molecule has 0 radical (unpaired) electrons. The largest absolute Gasteiger partial charge is 0.489 e. The monoisotopic (exact) mass is 778 g/mol. The van der Waals surface area contributed by atoms with Crippen molar-refractivity contribution in [1.29, 1.82) is 5.26 Å². The van der Waals surface area contributed by atoms with Crippen LogP contribution in [-0.2, 0) is 22.7 Å². The summed E-state index contributed by atoms with van der Waals surface area (Å²) in [6, 6.07) is 9.52. The molecule has 290 valence electrons. The average molecular weight is 779 g/mol. The van der Waals surface area contributed by atoms with Gasteiger partial charge in [-0.3, -0.25) is 39.1 Å². The van der Waals surface area contributed by atoms with Gasteiger partial charge in [-0.15, -0.1) is 0 Å². The predicted molar refractivity (Wildman–Crippen MR) is 204 cm³/mol. The highest BCUT2D eigenvalue weighted by Gasteiger charge is 2.64. The summed E-state index contributed by atoms with van der Waals surface area (Å²) in [5.41, 5.74) is 2.62. The summed E-state index contributed by atoms with van der Waals surface area (Å²) in [4.78, 5) is 78.7. The van der Waals surface area contributed by atoms with Crippen LogP contribution < -0.4 is 20.3 Å². The van der Waals surface area contributed by atoms with Crippen LogP contribution in [0.5, 0.6) is 5.75 Å². The number of carbonyl (C=O) groups excluding carboxylic acids is 5. The number of anilines is 1. The van der Waals surface area contributed by atoms with E-state index < -0.39 is 40.5 Å². The second-order valence-corrected chi connectivity index (χ2v) is 17.2. The van der Waals surface area contributed by atoms with Gasteiger partial charge in [-0.1, -0.05) is 39.3 Å². The molecule has 4 aliphatic heterocycles. The number of rotatable bonds is 8. The quantitative estimate of drug-likeness (QED) is 0.313. The van der Waals surface area contributed by atoms with E-state index in [0.29, 0.717) is 58.0 Å². The van der Waals surface area contributed by atoms with Crippen molar-refractivity contribution < 1.29 is 28.7 Å². The molecule has 0 bridgehead atoms. The fourth-order valence-corrected chi connectivity index (χ4v) is 9.87. The second kappa shape index (κ2) is 14.0. The summed E-state index contributed by atoms with van der Waals surface area (Å²) in [6.07, 6.45) is 5.04. The lowest BCUT2D eigenvalue weighted by Crippen LogP contribution is -2.74. The Hall–Kier alpha value is -5.39. The van der Waals surface area contributed by atoms with Crippen molar-refractivity contribution in [1.82, 2.24) is 30.4 Å². The Balaban J connectivity index is 0.822. The number of halogens is 1. The van der Waals surface area contributed by atoms with Crippen molar-refractivity contribution in [2.24, 2.45) is 16.7 Å². The van der Waals surface area contributed by atoms with Crippen molar-refractivity contribution >= 4 is 47.1 Å². The highest BCUT2D eigenvalue weighted by molar-refractivity contribution is 6.31. The van der Waals surface area contributed by atoms with Crippen LogP contribution in [0.15, 0.2) is 42.7 Å². The number of amides is 5. The number of fused-ring (bicyclic) bond motifs is 2. The predicted octanol–water partition coefficient (Wildman–Crippen LogP) is 4.25. The molecule has 1 unspecified atom stereocenters. The van der Waals surface area contributed by atoms with E-state index in [1.54, 1.807) is 42.7 Å². The summed E-state index contributed by atoms with van der Waals surface area (Å²) in [7, 11) is 0. The normalized spacial score (nSPS) is 24.2. The van der Waals surface area contributed by atoms with Crippen LogP contribution in [0.3, 0.4) is 0 Å². The number of nitrogens with one attached hydrogen (secondary N) is 2. The van der Waals surface area contributed by atoms with E-state index in [9.17, 15) is 29.2 Å². The molecule has 3 aromatic rings. The molecule has 2 saturated heterocycles. The minimum absolute atomic E-state index is 0.0867. The highest BCUT2D eigenvalue weighted by atomic mass is 35.5. The minimum atomic E-state index is -0.975. The van der Waals surface area contributed by atoms with Gasteiger partial charge in [0.25, 0.3) is 17.7 Å². The lowest BCUT2D eigenvalue weighted by molar-refractivity contribution is -0.164. The van der Waals surface area contributed by atoms with E-state index in [-0.39, 0.29) is 30.9 Å². The Morgan fingerprint density at radius 1 is 0.964 bits per heavy atom. The zero-order chi connectivity index (χ0) is 39.7. The maximum absolute atomic E-state index is 13.4. The Morgan fingerprint density at radius 2 is 1.59 bits per heavy atom. The van der Waals surface area contributed by atoms with Gasteiger partial charge in [-0.25, -0.2) is 9.97 Å². The van der Waals surface area contributed by atoms with Gasteiger partial charge in [0.05, 0.1) is 27.3 Å². The standard InChI is InChI=1S/C41H43ClN8O6/c1-40(2)37(41(3,4)38(40)56-27-6-5-23(16-43)30(42)15-27)47-33(52)26-17-44-39(45-18-26)49-11-9-22(10-12-49)19-48-20-24-13-28-29(14-25(24)21-48)36(55)50(35(28)54)31-7-8-32(51)46-34(31)53/h5-6,13-15,17-18,22,31,37-38H,7-12,19-21H2,1-4H3,(H,47,52)(H,46,51,53). The number of carbonyl (C=O) groups is 5. The fraction of sp³-hybridized carbons (Fsp3) is 0.463. The van der Waals surface area contributed by atoms with Crippen LogP contribution in [-0.4, -0.2) is 87.1 Å². The lowest BCUT2D eigenvalue weighted by Gasteiger charge is -2.63. The lowest BCUT2D eigenvalue weighted by atomic mass is 9.49. The fourth-order valence-electron chi connectivity index (χ4n) is 9.66. The molecule has 1 atom stereocenters. The molecule has 0 spiro atoms. The molecule has 2 N–H and O–H groups in total. The van der Waals surface area contributed by atoms with E-state index in [2.05, 4.69) is 64.2 Å². The summed E-state index contributed by atoms with van der Waals surface area (Å²) in [6.45, 7) is 12.0. The van der Waals surface area contributed by atoms with Crippen LogP contribution in [0.1, 0.15) is 101 Å². The number of nitrogens with zero attached hydrogens (tertiary/aromatic N) is 6. The van der Waals surface area contributed by atoms with Gasteiger partial charge in [0.2, 0.25) is 17.8 Å². The Bertz CT molecular complexity index is 2150. The first-order valence-corrected chi connectivity index (χ1v) is 19.4. The van der Waals surface area contributed by atoms with Crippen LogP contribution in [0.25, 0.3) is 0 Å². The number of hydrogen-bond donors (Lipinski definition) is 2. The first-order chi connectivity index (χ1) is 26.6. The molecular formula is C41H43ClN8O6. The first kappa shape index (κ1) is 37.5. The number of piperidine rings is 2. The molecule has 2 aromatic carbocycles. The van der Waals surface area contributed by atoms with Gasteiger partial charge >= 0.3 is 0 Å². The van der Waals surface area contributed by atoms with Gasteiger partial charge in [-0.2, -0.15) is 5.26 Å². The number of nitriles is 1. The van der Waals surface area contributed by atoms with E-state index in [1.165, 1.54) is 0 Å². The van der Waals surface area contributed by atoms with E-state index in [4.69, 9.17) is 16.3 Å². The van der Waals surface area contributed by atoms with Gasteiger partial charge in [0.1, 0.15) is 24.0 Å². The van der Waals surface area contributed by atoms with Crippen LogP contribution >= 0.6 is 11.6 Å². The number of benzene rings is 2. The molecule has 5 heterocycles. The third-order valence-electron chi connectivity index (χ3n) is 12.3. The van der Waals surface area contributed by atoms with E-state index >= 15 is 0 Å². The zero-order valence-corrected chi connectivity index (χ0v) is 32.5. The molecule has 1 saturated carbocycles. The molecule has 3 fully saturated rings. The molecule has 5 aliphatic rings. The Morgan fingerprint density at radius 3 is 2.16 bits per heavy atom. The summed E-state index contributed by atoms with van der Waals surface area (Å²) in [5, 5.41) is 15.0. The highest BCUT2D eigenvalue weighted by Crippen LogP contribution is 2.55. The average Bonchev–Trinajstić information content (AvgIpc) is 3.67. The Labute approximate surface area is 329 Å². The maximum atomic E-state index is 13.4. The number of imide groups is 2. The SMILES string of the molecule is CC1(C)C(NC(=O)c2cnc(N3CCC(CN4Cc5cc6c(cc5C4)C(=O)N(C4CCC(=O)NC4=O)C6=O)CC3)nc2)C(C)(C)C1Oc1ccc(C#N)c(Cl)c1. The van der Waals surface area contributed by atoms with Gasteiger partial charge in [0.15, 0.2) is 0 Å². The van der Waals surface area contributed by atoms with E-state index in [0.717, 1.165) is 48.5 Å². The second-order valence-electron chi connectivity index (χ2n) is 16.8. The molecule has 1 aliphatic carbocycles. The molecule has 5 amide bonds. The Kier molecular flexibility index (Phi) is 9.36. The summed E-state index contributed by atoms with van der Waals surface area (Å²) in [5.74, 6) is -0.626. The van der Waals surface area contributed by atoms with E-state index in [1.807, 2.05) is 0 Å². The number of hydrogen-bond acceptors (Lipinski definition) is 11. The van der Waals surface area contributed by atoms with Crippen molar-refractivity contribution in [3.8, 4) is 11.8 Å². The smallest absolute Gasteiger partial charge is 0.262 e. The molecular weight excluding hydrogens is 736 g/mol. The maximum Gasteiger partial charge on any atom is 0.262 e. The summed E-state index contributed by atoms with van der Waals surface area (Å²) >= 11 is 6.23. The third kappa shape index (κ3) is 6.46. The number of aromatic nitrogens is 2. The summed E-state index contributed by atoms with van der Waals surface area (Å²) < 4.78 is 6.35.